The summed E-state index contributed by atoms with van der Waals surface area (Å²) in [6.45, 7) is 5.63. The first kappa shape index (κ1) is 24.2. The highest BCUT2D eigenvalue weighted by atomic mass is 32.2. The highest BCUT2D eigenvalue weighted by Crippen LogP contribution is 2.25. The Morgan fingerprint density at radius 2 is 1.50 bits per heavy atom. The van der Waals surface area contributed by atoms with E-state index >= 15 is 0 Å². The van der Waals surface area contributed by atoms with Gasteiger partial charge in [-0.3, -0.25) is 4.72 Å². The number of hydrogen-bond acceptors (Lipinski definition) is 5. The first-order valence-electron chi connectivity index (χ1n) is 9.99. The van der Waals surface area contributed by atoms with Gasteiger partial charge in [-0.15, -0.1) is 0 Å². The van der Waals surface area contributed by atoms with E-state index in [-0.39, 0.29) is 24.2 Å². The van der Waals surface area contributed by atoms with Crippen molar-refractivity contribution in [1.82, 2.24) is 4.72 Å². The average molecular weight is 455 g/mol. The van der Waals surface area contributed by atoms with E-state index in [0.717, 1.165) is 11.1 Å². The summed E-state index contributed by atoms with van der Waals surface area (Å²) >= 11 is 0. The molecule has 0 saturated carbocycles. The van der Waals surface area contributed by atoms with Gasteiger partial charge in [-0.25, -0.2) is 21.6 Å². The van der Waals surface area contributed by atoms with Crippen LogP contribution in [0.15, 0.2) is 48.5 Å². The third-order valence-corrected chi connectivity index (χ3v) is 7.24. The SMILES string of the molecule is CCCS(=O)(=O)NCC(C)Oc1ccc(-c2cccc(NS(=O)(=O)CCC)c2)cc1. The molecule has 1 atom stereocenters. The van der Waals surface area contributed by atoms with Crippen molar-refractivity contribution in [2.24, 2.45) is 0 Å². The molecule has 0 heterocycles. The van der Waals surface area contributed by atoms with Crippen molar-refractivity contribution in [3.05, 3.63) is 48.5 Å². The smallest absolute Gasteiger partial charge is 0.232 e. The van der Waals surface area contributed by atoms with E-state index in [4.69, 9.17) is 4.74 Å². The number of rotatable bonds is 12. The summed E-state index contributed by atoms with van der Waals surface area (Å²) in [4.78, 5) is 0. The largest absolute Gasteiger partial charge is 0.489 e. The van der Waals surface area contributed by atoms with Crippen LogP contribution in [0, 0.1) is 0 Å². The third-order valence-electron chi connectivity index (χ3n) is 4.20. The Hall–Kier alpha value is -2.10. The molecule has 0 radical (unpaired) electrons. The predicted molar refractivity (Wildman–Crippen MR) is 122 cm³/mol. The Balaban J connectivity index is 2.01. The van der Waals surface area contributed by atoms with Gasteiger partial charge in [0.2, 0.25) is 20.0 Å². The van der Waals surface area contributed by atoms with Gasteiger partial charge < -0.3 is 4.74 Å². The van der Waals surface area contributed by atoms with Crippen LogP contribution >= 0.6 is 0 Å². The van der Waals surface area contributed by atoms with Gasteiger partial charge in [0.05, 0.1) is 11.5 Å². The van der Waals surface area contributed by atoms with Crippen LogP contribution in [0.5, 0.6) is 5.75 Å². The van der Waals surface area contributed by atoms with Gasteiger partial charge in [0.1, 0.15) is 11.9 Å². The summed E-state index contributed by atoms with van der Waals surface area (Å²) in [5.74, 6) is 0.804. The highest BCUT2D eigenvalue weighted by Gasteiger charge is 2.12. The number of ether oxygens (including phenoxy) is 1. The summed E-state index contributed by atoms with van der Waals surface area (Å²) in [5, 5.41) is 0. The van der Waals surface area contributed by atoms with Crippen molar-refractivity contribution in [1.29, 1.82) is 0 Å². The van der Waals surface area contributed by atoms with Crippen LogP contribution in [-0.4, -0.2) is 41.0 Å². The third kappa shape index (κ3) is 7.97. The molecule has 2 aromatic rings. The van der Waals surface area contributed by atoms with E-state index < -0.39 is 20.0 Å². The van der Waals surface area contributed by atoms with Gasteiger partial charge in [-0.1, -0.05) is 38.1 Å². The van der Waals surface area contributed by atoms with Crippen molar-refractivity contribution >= 4 is 25.7 Å². The Kier molecular flexibility index (Phi) is 8.69. The Labute approximate surface area is 180 Å². The van der Waals surface area contributed by atoms with E-state index in [1.54, 1.807) is 37.3 Å². The number of nitrogens with one attached hydrogen (secondary N) is 2. The van der Waals surface area contributed by atoms with Crippen LogP contribution in [0.25, 0.3) is 11.1 Å². The molecule has 7 nitrogen and oxygen atoms in total. The topological polar surface area (TPSA) is 102 Å². The monoisotopic (exact) mass is 454 g/mol. The minimum atomic E-state index is -3.34. The van der Waals surface area contributed by atoms with Gasteiger partial charge >= 0.3 is 0 Å². The zero-order valence-corrected chi connectivity index (χ0v) is 19.2. The Bertz CT molecular complexity index is 1020. The maximum absolute atomic E-state index is 12.0. The number of sulfonamides is 2. The summed E-state index contributed by atoms with van der Waals surface area (Å²) in [6, 6.07) is 14.6. The van der Waals surface area contributed by atoms with Crippen molar-refractivity contribution < 1.29 is 21.6 Å². The molecule has 2 N–H and O–H groups in total. The lowest BCUT2D eigenvalue weighted by Crippen LogP contribution is -2.34. The molecule has 0 bridgehead atoms. The van der Waals surface area contributed by atoms with Crippen LogP contribution in [0.4, 0.5) is 5.69 Å². The van der Waals surface area contributed by atoms with Crippen molar-refractivity contribution in [3.63, 3.8) is 0 Å². The summed E-state index contributed by atoms with van der Waals surface area (Å²) in [7, 11) is -6.60. The fourth-order valence-electron chi connectivity index (χ4n) is 2.85. The highest BCUT2D eigenvalue weighted by molar-refractivity contribution is 7.92. The van der Waals surface area contributed by atoms with Crippen molar-refractivity contribution in [3.8, 4) is 16.9 Å². The lowest BCUT2D eigenvalue weighted by molar-refractivity contribution is 0.225. The molecule has 0 saturated heterocycles. The molecule has 0 fully saturated rings. The normalized spacial score (nSPS) is 13.0. The minimum absolute atomic E-state index is 0.0794. The van der Waals surface area contributed by atoms with Crippen molar-refractivity contribution in [2.45, 2.75) is 39.7 Å². The first-order chi connectivity index (χ1) is 14.1. The molecule has 0 aliphatic heterocycles. The summed E-state index contributed by atoms with van der Waals surface area (Å²) in [5.41, 5.74) is 2.31. The molecule has 0 spiro atoms. The van der Waals surface area contributed by atoms with E-state index in [9.17, 15) is 16.8 Å². The molecule has 2 aromatic carbocycles. The predicted octanol–water partition coefficient (Wildman–Crippen LogP) is 3.60. The summed E-state index contributed by atoms with van der Waals surface area (Å²) < 4.78 is 58.3. The molecule has 0 aliphatic rings. The van der Waals surface area contributed by atoms with Crippen LogP contribution in [0.3, 0.4) is 0 Å². The van der Waals surface area contributed by atoms with Gasteiger partial charge in [-0.2, -0.15) is 0 Å². The molecule has 2 rings (SSSR count). The molecule has 9 heteroatoms. The second kappa shape index (κ2) is 10.8. The zero-order chi connectivity index (χ0) is 22.2. The van der Waals surface area contributed by atoms with Gasteiger partial charge in [0.25, 0.3) is 0 Å². The summed E-state index contributed by atoms with van der Waals surface area (Å²) in [6.07, 6.45) is 0.793. The van der Waals surface area contributed by atoms with Crippen LogP contribution in [0.1, 0.15) is 33.6 Å². The maximum atomic E-state index is 12.0. The standard InChI is InChI=1S/C21H30N2O5S2/c1-4-13-29(24,25)22-16-17(3)28-21-11-9-18(10-12-21)19-7-6-8-20(15-19)23-30(26,27)14-5-2/h6-12,15,17,22-23H,4-5,13-14,16H2,1-3H3. The lowest BCUT2D eigenvalue weighted by atomic mass is 10.1. The molecule has 166 valence electrons. The first-order valence-corrected chi connectivity index (χ1v) is 13.3. The molecule has 1 unspecified atom stereocenters. The minimum Gasteiger partial charge on any atom is -0.489 e. The molecule has 0 amide bonds. The quantitative estimate of drug-likeness (QED) is 0.510. The lowest BCUT2D eigenvalue weighted by Gasteiger charge is -2.16. The molecule has 30 heavy (non-hydrogen) atoms. The van der Waals surface area contributed by atoms with Crippen LogP contribution in [0.2, 0.25) is 0 Å². The van der Waals surface area contributed by atoms with E-state index in [2.05, 4.69) is 9.44 Å². The maximum Gasteiger partial charge on any atom is 0.232 e. The van der Waals surface area contributed by atoms with Gasteiger partial charge in [0.15, 0.2) is 0 Å². The second-order valence-corrected chi connectivity index (χ2v) is 10.9. The number of anilines is 1. The van der Waals surface area contributed by atoms with Gasteiger partial charge in [-0.05, 0) is 55.2 Å². The zero-order valence-electron chi connectivity index (χ0n) is 17.6. The Morgan fingerprint density at radius 3 is 2.13 bits per heavy atom. The fraction of sp³-hybridized carbons (Fsp3) is 0.429. The van der Waals surface area contributed by atoms with E-state index in [1.165, 1.54) is 0 Å². The molecule has 0 aliphatic carbocycles. The van der Waals surface area contributed by atoms with Crippen LogP contribution in [-0.2, 0) is 20.0 Å². The van der Waals surface area contributed by atoms with E-state index in [0.29, 0.717) is 24.3 Å². The van der Waals surface area contributed by atoms with E-state index in [1.807, 2.05) is 32.0 Å². The van der Waals surface area contributed by atoms with Gasteiger partial charge in [0, 0.05) is 12.2 Å². The second-order valence-electron chi connectivity index (χ2n) is 7.12. The number of benzene rings is 2. The average Bonchev–Trinajstić information content (AvgIpc) is 2.67. The van der Waals surface area contributed by atoms with Crippen molar-refractivity contribution in [2.75, 3.05) is 22.8 Å². The Morgan fingerprint density at radius 1 is 0.867 bits per heavy atom. The molecule has 0 aromatic heterocycles. The fourth-order valence-corrected chi connectivity index (χ4v) is 5.14. The molecular weight excluding hydrogens is 424 g/mol. The van der Waals surface area contributed by atoms with Crippen LogP contribution < -0.4 is 14.2 Å². The molecular formula is C21H30N2O5S2. The number of hydrogen-bond donors (Lipinski definition) is 2.